The Morgan fingerprint density at radius 3 is 2.53 bits per heavy atom. The molecule has 17 heavy (non-hydrogen) atoms. The summed E-state index contributed by atoms with van der Waals surface area (Å²) < 4.78 is 0. The van der Waals surface area contributed by atoms with Gasteiger partial charge in [-0.3, -0.25) is 0 Å². The Labute approximate surface area is 103 Å². The average molecular weight is 229 g/mol. The first-order valence-corrected chi connectivity index (χ1v) is 6.06. The fraction of sp³-hybridized carbons (Fsp3) is 0.500. The van der Waals surface area contributed by atoms with E-state index in [1.165, 1.54) is 12.8 Å². The normalized spacial score (nSPS) is 18.8. The van der Waals surface area contributed by atoms with Crippen molar-refractivity contribution in [2.75, 3.05) is 23.7 Å². The van der Waals surface area contributed by atoms with Gasteiger partial charge in [-0.2, -0.15) is 5.26 Å². The van der Waals surface area contributed by atoms with Crippen LogP contribution in [0, 0.1) is 16.7 Å². The number of hydrogen-bond acceptors (Lipinski definition) is 3. The zero-order chi connectivity index (χ0) is 12.5. The summed E-state index contributed by atoms with van der Waals surface area (Å²) in [7, 11) is 0. The summed E-state index contributed by atoms with van der Waals surface area (Å²) >= 11 is 0. The topological polar surface area (TPSA) is 53.0 Å². The fourth-order valence-electron chi connectivity index (χ4n) is 2.27. The summed E-state index contributed by atoms with van der Waals surface area (Å²) in [6, 6.07) is 7.83. The van der Waals surface area contributed by atoms with Crippen LogP contribution in [0.25, 0.3) is 0 Å². The molecule has 2 N–H and O–H groups in total. The van der Waals surface area contributed by atoms with Crippen LogP contribution in [0.1, 0.15) is 32.3 Å². The van der Waals surface area contributed by atoms with E-state index in [1.54, 1.807) is 6.07 Å². The molecule has 90 valence electrons. The molecule has 0 saturated carbocycles. The second kappa shape index (κ2) is 4.29. The second-order valence-corrected chi connectivity index (χ2v) is 5.54. The Morgan fingerprint density at radius 2 is 1.94 bits per heavy atom. The summed E-state index contributed by atoms with van der Waals surface area (Å²) in [6.07, 6.45) is 2.34. The van der Waals surface area contributed by atoms with Gasteiger partial charge < -0.3 is 10.6 Å². The van der Waals surface area contributed by atoms with E-state index in [4.69, 9.17) is 11.0 Å². The average Bonchev–Trinajstić information content (AvgIpc) is 2.29. The molecule has 0 radical (unpaired) electrons. The van der Waals surface area contributed by atoms with Gasteiger partial charge in [-0.15, -0.1) is 0 Å². The fourth-order valence-corrected chi connectivity index (χ4v) is 2.27. The lowest BCUT2D eigenvalue weighted by Gasteiger charge is -2.38. The Bertz CT molecular complexity index is 447. The molecule has 1 aromatic carbocycles. The number of rotatable bonds is 1. The molecular weight excluding hydrogens is 210 g/mol. The zero-order valence-corrected chi connectivity index (χ0v) is 10.5. The number of piperidine rings is 1. The molecule has 1 aliphatic heterocycles. The predicted molar refractivity (Wildman–Crippen MR) is 70.8 cm³/mol. The van der Waals surface area contributed by atoms with Gasteiger partial charge in [0.1, 0.15) is 6.07 Å². The van der Waals surface area contributed by atoms with E-state index in [-0.39, 0.29) is 0 Å². The Morgan fingerprint density at radius 1 is 1.29 bits per heavy atom. The molecule has 1 fully saturated rings. The van der Waals surface area contributed by atoms with Gasteiger partial charge in [-0.05, 0) is 36.5 Å². The third-order valence-electron chi connectivity index (χ3n) is 3.60. The molecule has 0 amide bonds. The minimum atomic E-state index is 0.428. The van der Waals surface area contributed by atoms with Crippen LogP contribution >= 0.6 is 0 Å². The Hall–Kier alpha value is -1.69. The van der Waals surface area contributed by atoms with Crippen molar-refractivity contribution in [3.05, 3.63) is 23.8 Å². The molecule has 3 heteroatoms. The maximum atomic E-state index is 9.14. The van der Waals surface area contributed by atoms with E-state index >= 15 is 0 Å². The van der Waals surface area contributed by atoms with Crippen molar-refractivity contribution in [2.45, 2.75) is 26.7 Å². The highest BCUT2D eigenvalue weighted by atomic mass is 15.1. The smallest absolute Gasteiger partial charge is 0.101 e. The highest BCUT2D eigenvalue weighted by molar-refractivity contribution is 5.64. The zero-order valence-electron chi connectivity index (χ0n) is 10.5. The van der Waals surface area contributed by atoms with Crippen LogP contribution in [0.4, 0.5) is 11.4 Å². The van der Waals surface area contributed by atoms with Crippen molar-refractivity contribution >= 4 is 11.4 Å². The van der Waals surface area contributed by atoms with Gasteiger partial charge in [0.2, 0.25) is 0 Å². The maximum Gasteiger partial charge on any atom is 0.101 e. The van der Waals surface area contributed by atoms with Crippen molar-refractivity contribution in [2.24, 2.45) is 5.41 Å². The number of benzene rings is 1. The van der Waals surface area contributed by atoms with Crippen molar-refractivity contribution in [1.82, 2.24) is 0 Å². The number of hydrogen-bond donors (Lipinski definition) is 1. The van der Waals surface area contributed by atoms with Crippen molar-refractivity contribution in [3.63, 3.8) is 0 Å². The number of nitrogens with two attached hydrogens (primary N) is 1. The molecule has 1 aromatic rings. The van der Waals surface area contributed by atoms with Gasteiger partial charge in [0.25, 0.3) is 0 Å². The SMILES string of the molecule is CC1(C)CCN(c2ccc(N)cc2C#N)CC1. The van der Waals surface area contributed by atoms with E-state index in [9.17, 15) is 0 Å². The minimum Gasteiger partial charge on any atom is -0.399 e. The Kier molecular flexibility index (Phi) is 2.97. The first kappa shape index (κ1) is 11.8. The minimum absolute atomic E-state index is 0.428. The van der Waals surface area contributed by atoms with Crippen LogP contribution in [0.15, 0.2) is 18.2 Å². The third kappa shape index (κ3) is 2.52. The van der Waals surface area contributed by atoms with Gasteiger partial charge in [0.15, 0.2) is 0 Å². The third-order valence-corrected chi connectivity index (χ3v) is 3.60. The molecule has 3 nitrogen and oxygen atoms in total. The van der Waals surface area contributed by atoms with Gasteiger partial charge in [0, 0.05) is 18.8 Å². The number of anilines is 2. The molecule has 1 saturated heterocycles. The van der Waals surface area contributed by atoms with E-state index in [0.29, 0.717) is 16.7 Å². The van der Waals surface area contributed by atoms with E-state index in [0.717, 1.165) is 18.8 Å². The predicted octanol–water partition coefficient (Wildman–Crippen LogP) is 2.77. The lowest BCUT2D eigenvalue weighted by atomic mass is 9.82. The van der Waals surface area contributed by atoms with Crippen LogP contribution < -0.4 is 10.6 Å². The van der Waals surface area contributed by atoms with E-state index in [1.807, 2.05) is 12.1 Å². The second-order valence-electron chi connectivity index (χ2n) is 5.54. The van der Waals surface area contributed by atoms with E-state index in [2.05, 4.69) is 24.8 Å². The van der Waals surface area contributed by atoms with Crippen molar-refractivity contribution < 1.29 is 0 Å². The molecular formula is C14H19N3. The standard InChI is InChI=1S/C14H19N3/c1-14(2)5-7-17(8-6-14)13-4-3-12(16)9-11(13)10-15/h3-4,9H,5-8,16H2,1-2H3. The Balaban J connectivity index is 2.22. The monoisotopic (exact) mass is 229 g/mol. The van der Waals surface area contributed by atoms with E-state index < -0.39 is 0 Å². The number of nitrogens with zero attached hydrogens (tertiary/aromatic N) is 2. The molecule has 0 aliphatic carbocycles. The quantitative estimate of drug-likeness (QED) is 0.753. The van der Waals surface area contributed by atoms with Gasteiger partial charge >= 0.3 is 0 Å². The first-order valence-electron chi connectivity index (χ1n) is 6.06. The number of nitrogen functional groups attached to an aromatic ring is 1. The summed E-state index contributed by atoms with van der Waals surface area (Å²) in [5.74, 6) is 0. The molecule has 0 atom stereocenters. The molecule has 0 bridgehead atoms. The van der Waals surface area contributed by atoms with Gasteiger partial charge in [-0.1, -0.05) is 13.8 Å². The maximum absolute atomic E-state index is 9.14. The first-order chi connectivity index (χ1) is 8.02. The van der Waals surface area contributed by atoms with Crippen LogP contribution in [-0.4, -0.2) is 13.1 Å². The lowest BCUT2D eigenvalue weighted by Crippen LogP contribution is -2.37. The lowest BCUT2D eigenvalue weighted by molar-refractivity contribution is 0.280. The van der Waals surface area contributed by atoms with Gasteiger partial charge in [0.05, 0.1) is 11.3 Å². The van der Waals surface area contributed by atoms with Crippen LogP contribution in [-0.2, 0) is 0 Å². The summed E-state index contributed by atoms with van der Waals surface area (Å²) in [5.41, 5.74) is 8.50. The summed E-state index contributed by atoms with van der Waals surface area (Å²) in [6.45, 7) is 6.65. The summed E-state index contributed by atoms with van der Waals surface area (Å²) in [4.78, 5) is 2.29. The molecule has 0 aromatic heterocycles. The molecule has 2 rings (SSSR count). The highest BCUT2D eigenvalue weighted by Crippen LogP contribution is 2.33. The van der Waals surface area contributed by atoms with Crippen LogP contribution in [0.3, 0.4) is 0 Å². The van der Waals surface area contributed by atoms with Crippen molar-refractivity contribution in [3.8, 4) is 6.07 Å². The molecule has 0 spiro atoms. The molecule has 1 heterocycles. The highest BCUT2D eigenvalue weighted by Gasteiger charge is 2.26. The summed E-state index contributed by atoms with van der Waals surface area (Å²) in [5, 5.41) is 9.14. The number of nitriles is 1. The van der Waals surface area contributed by atoms with Crippen molar-refractivity contribution in [1.29, 1.82) is 5.26 Å². The van der Waals surface area contributed by atoms with Gasteiger partial charge in [-0.25, -0.2) is 0 Å². The molecule has 1 aliphatic rings. The van der Waals surface area contributed by atoms with Crippen LogP contribution in [0.5, 0.6) is 0 Å². The largest absolute Gasteiger partial charge is 0.399 e. The van der Waals surface area contributed by atoms with Crippen LogP contribution in [0.2, 0.25) is 0 Å². The molecule has 0 unspecified atom stereocenters.